The van der Waals surface area contributed by atoms with Crippen molar-refractivity contribution in [1.29, 1.82) is 0 Å². The fourth-order valence-electron chi connectivity index (χ4n) is 4.52. The van der Waals surface area contributed by atoms with Gasteiger partial charge in [-0.1, -0.05) is 57.2 Å². The van der Waals surface area contributed by atoms with Gasteiger partial charge in [0, 0.05) is 18.5 Å². The lowest BCUT2D eigenvalue weighted by Crippen LogP contribution is -2.31. The third kappa shape index (κ3) is 4.72. The molecule has 2 heterocycles. The van der Waals surface area contributed by atoms with Crippen LogP contribution >= 0.6 is 0 Å². The van der Waals surface area contributed by atoms with Gasteiger partial charge >= 0.3 is 0 Å². The lowest BCUT2D eigenvalue weighted by Gasteiger charge is -2.29. The van der Waals surface area contributed by atoms with Crippen molar-refractivity contribution in [3.8, 4) is 11.5 Å². The summed E-state index contributed by atoms with van der Waals surface area (Å²) in [5.74, 6) is 1.62. The predicted octanol–water partition coefficient (Wildman–Crippen LogP) is 4.93. The Hall–Kier alpha value is -2.53. The number of para-hydroxylation sites is 1. The number of aliphatic hydroxyl groups excluding tert-OH is 1. The van der Waals surface area contributed by atoms with E-state index in [1.165, 1.54) is 5.56 Å². The van der Waals surface area contributed by atoms with Crippen LogP contribution in [-0.2, 0) is 10.2 Å². The molecule has 0 spiro atoms. The average Bonchev–Trinajstić information content (AvgIpc) is 3.26. The second kappa shape index (κ2) is 8.91. The number of amides is 1. The monoisotopic (exact) mass is 423 g/mol. The largest absolute Gasteiger partial charge is 0.486 e. The van der Waals surface area contributed by atoms with Gasteiger partial charge in [-0.3, -0.25) is 4.79 Å². The van der Waals surface area contributed by atoms with Crippen LogP contribution < -0.4 is 9.47 Å². The van der Waals surface area contributed by atoms with Crippen LogP contribution in [0.15, 0.2) is 42.5 Å². The molecule has 0 aliphatic carbocycles. The van der Waals surface area contributed by atoms with Gasteiger partial charge in [-0.05, 0) is 41.9 Å². The zero-order valence-electron chi connectivity index (χ0n) is 18.8. The Labute approximate surface area is 185 Å². The van der Waals surface area contributed by atoms with Crippen LogP contribution in [0.2, 0.25) is 0 Å². The smallest absolute Gasteiger partial charge is 0.223 e. The van der Waals surface area contributed by atoms with Crippen LogP contribution in [0, 0.1) is 0 Å². The molecule has 0 bridgehead atoms. The molecule has 5 heteroatoms. The summed E-state index contributed by atoms with van der Waals surface area (Å²) in [4.78, 5) is 15.0. The standard InChI is InChI=1S/C26H33NO4/c1-26(2,3)19-11-9-18(10-12-19)22(28)13-14-24(29)27-15-5-7-21(27)20-6-4-8-23-25(20)31-17-16-30-23/h4,6,8-12,21-22,28H,5,7,13-17H2,1-3H3/t21-,22+/m0/s1. The summed E-state index contributed by atoms with van der Waals surface area (Å²) in [6, 6.07) is 14.0. The molecule has 1 amide bonds. The number of fused-ring (bicyclic) bond motifs is 1. The van der Waals surface area contributed by atoms with Crippen molar-refractivity contribution < 1.29 is 19.4 Å². The molecule has 0 radical (unpaired) electrons. The maximum atomic E-state index is 13.1. The Morgan fingerprint density at radius 3 is 2.61 bits per heavy atom. The van der Waals surface area contributed by atoms with E-state index in [2.05, 4.69) is 32.9 Å². The molecule has 2 aromatic rings. The molecule has 5 nitrogen and oxygen atoms in total. The molecule has 2 aliphatic rings. The van der Waals surface area contributed by atoms with Crippen molar-refractivity contribution in [3.63, 3.8) is 0 Å². The van der Waals surface area contributed by atoms with Crippen molar-refractivity contribution in [2.75, 3.05) is 19.8 Å². The molecule has 2 aromatic carbocycles. The molecule has 1 N–H and O–H groups in total. The summed E-state index contributed by atoms with van der Waals surface area (Å²) in [5, 5.41) is 10.6. The number of benzene rings is 2. The highest BCUT2D eigenvalue weighted by atomic mass is 16.6. The van der Waals surface area contributed by atoms with E-state index in [1.54, 1.807) is 0 Å². The van der Waals surface area contributed by atoms with Crippen LogP contribution in [0.5, 0.6) is 11.5 Å². The van der Waals surface area contributed by atoms with E-state index in [0.717, 1.165) is 42.0 Å². The van der Waals surface area contributed by atoms with Crippen molar-refractivity contribution >= 4 is 5.91 Å². The van der Waals surface area contributed by atoms with E-state index in [4.69, 9.17) is 9.47 Å². The van der Waals surface area contributed by atoms with Gasteiger partial charge in [0.15, 0.2) is 11.5 Å². The van der Waals surface area contributed by atoms with Crippen LogP contribution in [0.3, 0.4) is 0 Å². The number of nitrogens with zero attached hydrogens (tertiary/aromatic N) is 1. The summed E-state index contributed by atoms with van der Waals surface area (Å²) in [6.07, 6.45) is 1.99. The highest BCUT2D eigenvalue weighted by molar-refractivity contribution is 5.77. The van der Waals surface area contributed by atoms with Gasteiger partial charge in [0.05, 0.1) is 12.1 Å². The molecule has 0 saturated carbocycles. The Balaban J connectivity index is 1.40. The number of likely N-dealkylation sites (tertiary alicyclic amines) is 1. The first kappa shape index (κ1) is 21.7. The van der Waals surface area contributed by atoms with E-state index in [0.29, 0.717) is 26.1 Å². The molecule has 0 unspecified atom stereocenters. The molecule has 1 saturated heterocycles. The predicted molar refractivity (Wildman–Crippen MR) is 120 cm³/mol. The average molecular weight is 424 g/mol. The van der Waals surface area contributed by atoms with Crippen molar-refractivity contribution in [3.05, 3.63) is 59.2 Å². The topological polar surface area (TPSA) is 59.0 Å². The lowest BCUT2D eigenvalue weighted by molar-refractivity contribution is -0.132. The van der Waals surface area contributed by atoms with Crippen molar-refractivity contribution in [2.24, 2.45) is 0 Å². The third-order valence-corrected chi connectivity index (χ3v) is 6.32. The van der Waals surface area contributed by atoms with Gasteiger partial charge in [-0.2, -0.15) is 0 Å². The number of carbonyl (C=O) groups is 1. The molecule has 4 rings (SSSR count). The zero-order chi connectivity index (χ0) is 22.0. The Bertz CT molecular complexity index is 916. The minimum Gasteiger partial charge on any atom is -0.486 e. The summed E-state index contributed by atoms with van der Waals surface area (Å²) in [7, 11) is 0. The van der Waals surface area contributed by atoms with E-state index in [-0.39, 0.29) is 17.4 Å². The van der Waals surface area contributed by atoms with Gasteiger partial charge in [-0.25, -0.2) is 0 Å². The second-order valence-corrected chi connectivity index (χ2v) is 9.54. The Morgan fingerprint density at radius 1 is 1.13 bits per heavy atom. The quantitative estimate of drug-likeness (QED) is 0.741. The summed E-state index contributed by atoms with van der Waals surface area (Å²) in [6.45, 7) is 8.34. The maximum Gasteiger partial charge on any atom is 0.223 e. The fraction of sp³-hybridized carbons (Fsp3) is 0.500. The van der Waals surface area contributed by atoms with Crippen LogP contribution in [-0.4, -0.2) is 35.7 Å². The number of hydrogen-bond donors (Lipinski definition) is 1. The highest BCUT2D eigenvalue weighted by Crippen LogP contribution is 2.43. The van der Waals surface area contributed by atoms with Gasteiger partial charge in [0.25, 0.3) is 0 Å². The molecule has 1 fully saturated rings. The number of carbonyl (C=O) groups excluding carboxylic acids is 1. The van der Waals surface area contributed by atoms with Crippen LogP contribution in [0.1, 0.15) is 75.3 Å². The Kier molecular flexibility index (Phi) is 6.24. The van der Waals surface area contributed by atoms with Gasteiger partial charge in [0.1, 0.15) is 13.2 Å². The van der Waals surface area contributed by atoms with E-state index >= 15 is 0 Å². The minimum absolute atomic E-state index is 0.00682. The molecular formula is C26H33NO4. The molecule has 31 heavy (non-hydrogen) atoms. The van der Waals surface area contributed by atoms with E-state index in [1.807, 2.05) is 35.2 Å². The van der Waals surface area contributed by atoms with Gasteiger partial charge < -0.3 is 19.5 Å². The normalized spacial score (nSPS) is 19.4. The van der Waals surface area contributed by atoms with Crippen molar-refractivity contribution in [1.82, 2.24) is 4.90 Å². The molecule has 166 valence electrons. The first-order valence-corrected chi connectivity index (χ1v) is 11.3. The molecule has 2 atom stereocenters. The number of ether oxygens (including phenoxy) is 2. The molecular weight excluding hydrogens is 390 g/mol. The van der Waals surface area contributed by atoms with Gasteiger partial charge in [0.2, 0.25) is 5.91 Å². The highest BCUT2D eigenvalue weighted by Gasteiger charge is 2.33. The van der Waals surface area contributed by atoms with E-state index in [9.17, 15) is 9.90 Å². The summed E-state index contributed by atoms with van der Waals surface area (Å²) < 4.78 is 11.6. The molecule has 0 aromatic heterocycles. The maximum absolute atomic E-state index is 13.1. The summed E-state index contributed by atoms with van der Waals surface area (Å²) >= 11 is 0. The minimum atomic E-state index is -0.639. The lowest BCUT2D eigenvalue weighted by atomic mass is 9.86. The SMILES string of the molecule is CC(C)(C)c1ccc([C@H](O)CCC(=O)N2CCC[C@H]2c2cccc3c2OCCO3)cc1. The number of rotatable bonds is 5. The third-order valence-electron chi connectivity index (χ3n) is 6.32. The number of aliphatic hydroxyl groups is 1. The van der Waals surface area contributed by atoms with Crippen molar-refractivity contribution in [2.45, 2.75) is 64.0 Å². The fourth-order valence-corrected chi connectivity index (χ4v) is 4.52. The summed E-state index contributed by atoms with van der Waals surface area (Å²) in [5.41, 5.74) is 3.20. The van der Waals surface area contributed by atoms with Gasteiger partial charge in [-0.15, -0.1) is 0 Å². The first-order valence-electron chi connectivity index (χ1n) is 11.3. The number of hydrogen-bond acceptors (Lipinski definition) is 4. The first-order chi connectivity index (χ1) is 14.8. The second-order valence-electron chi connectivity index (χ2n) is 9.54. The Morgan fingerprint density at radius 2 is 1.87 bits per heavy atom. The zero-order valence-corrected chi connectivity index (χ0v) is 18.8. The molecule has 2 aliphatic heterocycles. The van der Waals surface area contributed by atoms with E-state index < -0.39 is 6.10 Å². The van der Waals surface area contributed by atoms with Crippen LogP contribution in [0.4, 0.5) is 0 Å². The van der Waals surface area contributed by atoms with Crippen LogP contribution in [0.25, 0.3) is 0 Å².